The zero-order chi connectivity index (χ0) is 13.0. The van der Waals surface area contributed by atoms with Crippen molar-refractivity contribution in [2.24, 2.45) is 11.7 Å². The monoisotopic (exact) mass is 243 g/mol. The van der Waals surface area contributed by atoms with Crippen LogP contribution in [0.1, 0.15) is 12.5 Å². The van der Waals surface area contributed by atoms with E-state index in [1.165, 1.54) is 10.9 Å². The van der Waals surface area contributed by atoms with Gasteiger partial charge >= 0.3 is 0 Å². The summed E-state index contributed by atoms with van der Waals surface area (Å²) in [5, 5.41) is 1.20. The van der Waals surface area contributed by atoms with Crippen molar-refractivity contribution in [3.8, 4) is 0 Å². The second-order valence-corrected chi connectivity index (χ2v) is 5.07. The molecule has 3 heteroatoms. The molecule has 0 aliphatic rings. The van der Waals surface area contributed by atoms with Crippen LogP contribution in [0.15, 0.2) is 36.5 Å². The number of para-hydroxylation sites is 1. The smallest absolute Gasteiger partial charge is 0.0702 e. The summed E-state index contributed by atoms with van der Waals surface area (Å²) < 4.78 is 0. The molecule has 0 saturated carbocycles. The highest BCUT2D eigenvalue weighted by atomic mass is 15.1. The lowest BCUT2D eigenvalue weighted by Gasteiger charge is -2.20. The predicted molar refractivity (Wildman–Crippen MR) is 76.3 cm³/mol. The summed E-state index contributed by atoms with van der Waals surface area (Å²) in [6, 6.07) is 10.4. The van der Waals surface area contributed by atoms with Gasteiger partial charge in [-0.1, -0.05) is 25.1 Å². The summed E-state index contributed by atoms with van der Waals surface area (Å²) in [5.74, 6) is 0.531. The number of hydrogen-bond acceptors (Lipinski definition) is 3. The number of pyridine rings is 1. The first-order valence-corrected chi connectivity index (χ1v) is 6.41. The molecule has 0 radical (unpaired) electrons. The van der Waals surface area contributed by atoms with E-state index in [4.69, 9.17) is 5.73 Å². The Balaban J connectivity index is 2.07. The van der Waals surface area contributed by atoms with E-state index >= 15 is 0 Å². The minimum Gasteiger partial charge on any atom is -0.330 e. The fourth-order valence-electron chi connectivity index (χ4n) is 2.19. The largest absolute Gasteiger partial charge is 0.330 e. The van der Waals surface area contributed by atoms with Crippen LogP contribution < -0.4 is 5.73 Å². The zero-order valence-corrected chi connectivity index (χ0v) is 11.1. The van der Waals surface area contributed by atoms with Crippen molar-refractivity contribution in [1.29, 1.82) is 0 Å². The van der Waals surface area contributed by atoms with Gasteiger partial charge in [0.25, 0.3) is 0 Å². The predicted octanol–water partition coefficient (Wildman–Crippen LogP) is 2.26. The van der Waals surface area contributed by atoms with Gasteiger partial charge in [0.1, 0.15) is 0 Å². The van der Waals surface area contributed by atoms with E-state index in [0.29, 0.717) is 5.92 Å². The van der Waals surface area contributed by atoms with Crippen molar-refractivity contribution in [1.82, 2.24) is 9.88 Å². The third-order valence-corrected chi connectivity index (χ3v) is 3.13. The second-order valence-electron chi connectivity index (χ2n) is 5.07. The molecule has 0 aliphatic carbocycles. The Morgan fingerprint density at radius 3 is 2.89 bits per heavy atom. The Morgan fingerprint density at radius 2 is 2.11 bits per heavy atom. The highest BCUT2D eigenvalue weighted by Gasteiger charge is 2.06. The number of nitrogens with zero attached hydrogens (tertiary/aromatic N) is 2. The first-order chi connectivity index (χ1) is 8.69. The molecule has 96 valence electrons. The van der Waals surface area contributed by atoms with Crippen LogP contribution in [0.25, 0.3) is 10.9 Å². The van der Waals surface area contributed by atoms with Crippen molar-refractivity contribution in [2.45, 2.75) is 13.5 Å². The van der Waals surface area contributed by atoms with Crippen molar-refractivity contribution in [2.75, 3.05) is 20.1 Å². The summed E-state index contributed by atoms with van der Waals surface area (Å²) in [7, 11) is 2.13. The van der Waals surface area contributed by atoms with E-state index in [9.17, 15) is 0 Å². The van der Waals surface area contributed by atoms with E-state index in [0.717, 1.165) is 25.2 Å². The zero-order valence-electron chi connectivity index (χ0n) is 11.1. The van der Waals surface area contributed by atoms with E-state index in [1.54, 1.807) is 0 Å². The Kier molecular flexibility index (Phi) is 4.28. The maximum Gasteiger partial charge on any atom is 0.0702 e. The average molecular weight is 243 g/mol. The Morgan fingerprint density at radius 1 is 1.33 bits per heavy atom. The minimum absolute atomic E-state index is 0.531. The first kappa shape index (κ1) is 13.0. The molecular weight excluding hydrogens is 222 g/mol. The van der Waals surface area contributed by atoms with Gasteiger partial charge in [0.15, 0.2) is 0 Å². The summed E-state index contributed by atoms with van der Waals surface area (Å²) in [4.78, 5) is 6.78. The molecule has 1 heterocycles. The quantitative estimate of drug-likeness (QED) is 0.876. The van der Waals surface area contributed by atoms with Crippen LogP contribution in [0.4, 0.5) is 0 Å². The standard InChI is InChI=1S/C15H21N3/c1-12(8-16)10-18(2)11-13-7-14-5-3-4-6-15(14)17-9-13/h3-7,9,12H,8,10-11,16H2,1-2H3. The van der Waals surface area contributed by atoms with Gasteiger partial charge in [0.2, 0.25) is 0 Å². The molecule has 1 aromatic heterocycles. The van der Waals surface area contributed by atoms with Crippen LogP contribution in [0.3, 0.4) is 0 Å². The summed E-state index contributed by atoms with van der Waals surface area (Å²) in [6.07, 6.45) is 1.96. The maximum atomic E-state index is 5.65. The van der Waals surface area contributed by atoms with Gasteiger partial charge in [-0.05, 0) is 37.2 Å². The molecular formula is C15H21N3. The average Bonchev–Trinajstić information content (AvgIpc) is 2.38. The number of benzene rings is 1. The number of nitrogens with two attached hydrogens (primary N) is 1. The number of rotatable bonds is 5. The Labute approximate surface area is 109 Å². The highest BCUT2D eigenvalue weighted by molar-refractivity contribution is 5.78. The van der Waals surface area contributed by atoms with Gasteiger partial charge in [-0.15, -0.1) is 0 Å². The van der Waals surface area contributed by atoms with Crippen molar-refractivity contribution in [3.05, 3.63) is 42.1 Å². The number of hydrogen-bond donors (Lipinski definition) is 1. The molecule has 0 saturated heterocycles. The highest BCUT2D eigenvalue weighted by Crippen LogP contribution is 2.14. The van der Waals surface area contributed by atoms with Crippen LogP contribution in [0, 0.1) is 5.92 Å². The molecule has 0 spiro atoms. The molecule has 2 aromatic rings. The summed E-state index contributed by atoms with van der Waals surface area (Å²) in [6.45, 7) is 4.85. The molecule has 0 aliphatic heterocycles. The van der Waals surface area contributed by atoms with E-state index in [1.807, 2.05) is 24.4 Å². The lowest BCUT2D eigenvalue weighted by Crippen LogP contribution is -2.28. The van der Waals surface area contributed by atoms with Crippen molar-refractivity contribution >= 4 is 10.9 Å². The van der Waals surface area contributed by atoms with Crippen LogP contribution in [0.2, 0.25) is 0 Å². The molecule has 1 atom stereocenters. The van der Waals surface area contributed by atoms with Crippen LogP contribution in [-0.4, -0.2) is 30.0 Å². The van der Waals surface area contributed by atoms with E-state index in [2.05, 4.69) is 36.0 Å². The van der Waals surface area contributed by atoms with E-state index in [-0.39, 0.29) is 0 Å². The molecule has 1 aromatic carbocycles. The summed E-state index contributed by atoms with van der Waals surface area (Å²) in [5.41, 5.74) is 7.95. The Hall–Kier alpha value is -1.45. The molecule has 0 fully saturated rings. The normalized spacial score (nSPS) is 13.1. The SMILES string of the molecule is CC(CN)CN(C)Cc1cnc2ccccc2c1. The molecule has 3 nitrogen and oxygen atoms in total. The number of aromatic nitrogens is 1. The van der Waals surface area contributed by atoms with Crippen LogP contribution >= 0.6 is 0 Å². The lowest BCUT2D eigenvalue weighted by atomic mass is 10.1. The maximum absolute atomic E-state index is 5.65. The second kappa shape index (κ2) is 5.94. The molecule has 0 bridgehead atoms. The van der Waals surface area contributed by atoms with Gasteiger partial charge in [0.05, 0.1) is 5.52 Å². The van der Waals surface area contributed by atoms with Crippen molar-refractivity contribution in [3.63, 3.8) is 0 Å². The van der Waals surface area contributed by atoms with E-state index < -0.39 is 0 Å². The Bertz CT molecular complexity index is 510. The number of fused-ring (bicyclic) bond motifs is 1. The van der Waals surface area contributed by atoms with Gasteiger partial charge in [0, 0.05) is 24.7 Å². The molecule has 2 N–H and O–H groups in total. The van der Waals surface area contributed by atoms with Gasteiger partial charge in [-0.25, -0.2) is 0 Å². The first-order valence-electron chi connectivity index (χ1n) is 6.41. The molecule has 18 heavy (non-hydrogen) atoms. The van der Waals surface area contributed by atoms with Crippen molar-refractivity contribution < 1.29 is 0 Å². The molecule has 0 amide bonds. The van der Waals surface area contributed by atoms with Gasteiger partial charge < -0.3 is 10.6 Å². The minimum atomic E-state index is 0.531. The summed E-state index contributed by atoms with van der Waals surface area (Å²) >= 11 is 0. The third-order valence-electron chi connectivity index (χ3n) is 3.13. The van der Waals surface area contributed by atoms with Gasteiger partial charge in [-0.2, -0.15) is 0 Å². The topological polar surface area (TPSA) is 42.1 Å². The lowest BCUT2D eigenvalue weighted by molar-refractivity contribution is 0.282. The third kappa shape index (κ3) is 3.28. The fourth-order valence-corrected chi connectivity index (χ4v) is 2.19. The van der Waals surface area contributed by atoms with Crippen LogP contribution in [-0.2, 0) is 6.54 Å². The fraction of sp³-hybridized carbons (Fsp3) is 0.400. The van der Waals surface area contributed by atoms with Gasteiger partial charge in [-0.3, -0.25) is 4.98 Å². The van der Waals surface area contributed by atoms with Crippen LogP contribution in [0.5, 0.6) is 0 Å². The molecule has 2 rings (SSSR count). The molecule has 1 unspecified atom stereocenters.